The fourth-order valence-electron chi connectivity index (χ4n) is 2.72. The van der Waals surface area contributed by atoms with Crippen molar-refractivity contribution < 1.29 is 17.9 Å². The number of ether oxygens (including phenoxy) is 1. The first-order chi connectivity index (χ1) is 11.1. The van der Waals surface area contributed by atoms with Crippen molar-refractivity contribution in [3.8, 4) is 0 Å². The molecule has 2 atom stereocenters. The van der Waals surface area contributed by atoms with E-state index in [2.05, 4.69) is 10.3 Å². The lowest BCUT2D eigenvalue weighted by Gasteiger charge is -2.21. The molecule has 24 heavy (non-hydrogen) atoms. The Kier molecular flexibility index (Phi) is 5.46. The number of aromatic nitrogens is 1. The number of sulfonamides is 1. The highest BCUT2D eigenvalue weighted by Crippen LogP contribution is 2.18. The monoisotopic (exact) mass is 357 g/mol. The fraction of sp³-hybridized carbons (Fsp3) is 0.600. The number of H-pyrrole nitrogens is 1. The Bertz CT molecular complexity index is 785. The van der Waals surface area contributed by atoms with Gasteiger partial charge in [0, 0.05) is 25.7 Å². The summed E-state index contributed by atoms with van der Waals surface area (Å²) in [5.74, 6) is -0.989. The first-order valence-electron chi connectivity index (χ1n) is 7.61. The zero-order chi connectivity index (χ0) is 18.1. The maximum atomic E-state index is 12.5. The molecule has 1 aliphatic heterocycles. The minimum atomic E-state index is -3.40. The minimum Gasteiger partial charge on any atom is -0.379 e. The number of carbonyl (C=O) groups is 1. The van der Waals surface area contributed by atoms with Crippen LogP contribution in [0.4, 0.5) is 0 Å². The molecule has 1 saturated heterocycles. The average molecular weight is 357 g/mol. The van der Waals surface area contributed by atoms with E-state index in [0.29, 0.717) is 11.3 Å². The van der Waals surface area contributed by atoms with Crippen molar-refractivity contribution >= 4 is 15.9 Å². The Morgan fingerprint density at radius 1 is 1.38 bits per heavy atom. The average Bonchev–Trinajstić information content (AvgIpc) is 2.83. The van der Waals surface area contributed by atoms with Gasteiger partial charge in [-0.25, -0.2) is 12.7 Å². The quantitative estimate of drug-likeness (QED) is 0.747. The van der Waals surface area contributed by atoms with E-state index in [-0.39, 0.29) is 30.4 Å². The minimum absolute atomic E-state index is 0.0433. The molecule has 1 aromatic heterocycles. The van der Waals surface area contributed by atoms with Crippen LogP contribution in [0.15, 0.2) is 10.9 Å². The van der Waals surface area contributed by atoms with E-state index in [4.69, 9.17) is 4.74 Å². The summed E-state index contributed by atoms with van der Waals surface area (Å²) < 4.78 is 30.6. The molecular formula is C15H23N3O5S. The second-order valence-corrected chi connectivity index (χ2v) is 8.51. The second kappa shape index (κ2) is 7.04. The van der Waals surface area contributed by atoms with Crippen LogP contribution in [0.3, 0.4) is 0 Å². The molecule has 8 nitrogen and oxygen atoms in total. The Hall–Kier alpha value is -1.71. The molecule has 2 heterocycles. The predicted octanol–water partition coefficient (Wildman–Crippen LogP) is -0.372. The summed E-state index contributed by atoms with van der Waals surface area (Å²) in [7, 11) is -0.470. The third-order valence-corrected chi connectivity index (χ3v) is 6.05. The largest absolute Gasteiger partial charge is 0.379 e. The third kappa shape index (κ3) is 4.03. The molecule has 0 saturated carbocycles. The third-order valence-electron chi connectivity index (χ3n) is 4.09. The van der Waals surface area contributed by atoms with Crippen molar-refractivity contribution in [1.29, 1.82) is 0 Å². The Morgan fingerprint density at radius 3 is 2.62 bits per heavy atom. The lowest BCUT2D eigenvalue weighted by Crippen LogP contribution is -2.45. The zero-order valence-electron chi connectivity index (χ0n) is 14.3. The predicted molar refractivity (Wildman–Crippen MR) is 89.6 cm³/mol. The summed E-state index contributed by atoms with van der Waals surface area (Å²) in [6.07, 6.45) is 0. The van der Waals surface area contributed by atoms with Gasteiger partial charge < -0.3 is 15.0 Å². The van der Waals surface area contributed by atoms with Gasteiger partial charge in [0.25, 0.3) is 11.5 Å². The first-order valence-corrected chi connectivity index (χ1v) is 9.22. The van der Waals surface area contributed by atoms with Gasteiger partial charge in [-0.15, -0.1) is 0 Å². The number of aryl methyl sites for hydroxylation is 2. The summed E-state index contributed by atoms with van der Waals surface area (Å²) in [5.41, 5.74) is 0.835. The number of rotatable bonds is 5. The Labute approximate surface area is 141 Å². The van der Waals surface area contributed by atoms with E-state index in [1.54, 1.807) is 19.9 Å². The second-order valence-electron chi connectivity index (χ2n) is 6.28. The fourth-order valence-corrected chi connectivity index (χ4v) is 3.89. The van der Waals surface area contributed by atoms with E-state index in [1.807, 2.05) is 0 Å². The van der Waals surface area contributed by atoms with E-state index in [1.165, 1.54) is 14.1 Å². The molecule has 9 heteroatoms. The van der Waals surface area contributed by atoms with Crippen molar-refractivity contribution in [2.75, 3.05) is 33.1 Å². The van der Waals surface area contributed by atoms with Gasteiger partial charge >= 0.3 is 0 Å². The molecule has 0 radical (unpaired) electrons. The van der Waals surface area contributed by atoms with E-state index in [0.717, 1.165) is 4.31 Å². The van der Waals surface area contributed by atoms with E-state index in [9.17, 15) is 18.0 Å². The summed E-state index contributed by atoms with van der Waals surface area (Å²) >= 11 is 0. The molecular weight excluding hydrogens is 334 g/mol. The van der Waals surface area contributed by atoms with E-state index < -0.39 is 27.5 Å². The van der Waals surface area contributed by atoms with Crippen LogP contribution in [0.2, 0.25) is 0 Å². The molecule has 2 N–H and O–H groups in total. The SMILES string of the molecule is Cc1cc(C)c(C(=O)N[C@@H]2COC[C@H]2CS(=O)(=O)N(C)C)c(=O)[nH]1. The van der Waals surface area contributed by atoms with Crippen molar-refractivity contribution in [2.24, 2.45) is 5.92 Å². The molecule has 134 valence electrons. The Balaban J connectivity index is 2.15. The van der Waals surface area contributed by atoms with Crippen molar-refractivity contribution in [3.05, 3.63) is 33.2 Å². The number of pyridine rings is 1. The van der Waals surface area contributed by atoms with Crippen LogP contribution in [0.5, 0.6) is 0 Å². The molecule has 0 bridgehead atoms. The topological polar surface area (TPSA) is 109 Å². The highest BCUT2D eigenvalue weighted by atomic mass is 32.2. The Morgan fingerprint density at radius 2 is 2.04 bits per heavy atom. The molecule has 0 spiro atoms. The lowest BCUT2D eigenvalue weighted by molar-refractivity contribution is 0.0924. The number of hydrogen-bond donors (Lipinski definition) is 2. The van der Waals surface area contributed by atoms with Gasteiger partial charge in [-0.2, -0.15) is 0 Å². The summed E-state index contributed by atoms with van der Waals surface area (Å²) in [4.78, 5) is 27.1. The normalized spacial score (nSPS) is 21.2. The highest BCUT2D eigenvalue weighted by Gasteiger charge is 2.34. The van der Waals surface area contributed by atoms with E-state index >= 15 is 0 Å². The van der Waals surface area contributed by atoms with Crippen molar-refractivity contribution in [2.45, 2.75) is 19.9 Å². The molecule has 1 amide bonds. The van der Waals surface area contributed by atoms with Gasteiger partial charge in [0.05, 0.1) is 25.0 Å². The summed E-state index contributed by atoms with van der Waals surface area (Å²) in [6, 6.07) is 1.27. The molecule has 1 aromatic rings. The van der Waals surface area contributed by atoms with Gasteiger partial charge in [0.1, 0.15) is 5.56 Å². The summed E-state index contributed by atoms with van der Waals surface area (Å²) in [5, 5.41) is 2.74. The number of amides is 1. The van der Waals surface area contributed by atoms with Crippen LogP contribution in [-0.4, -0.2) is 62.7 Å². The molecule has 2 rings (SSSR count). The number of nitrogens with zero attached hydrogens (tertiary/aromatic N) is 1. The number of hydrogen-bond acceptors (Lipinski definition) is 5. The smallest absolute Gasteiger partial charge is 0.261 e. The van der Waals surface area contributed by atoms with Crippen molar-refractivity contribution in [1.82, 2.24) is 14.6 Å². The molecule has 0 aromatic carbocycles. The van der Waals surface area contributed by atoms with Crippen LogP contribution < -0.4 is 10.9 Å². The molecule has 0 aliphatic carbocycles. The molecule has 1 aliphatic rings. The van der Waals surface area contributed by atoms with Gasteiger partial charge in [-0.1, -0.05) is 0 Å². The van der Waals surface area contributed by atoms with Gasteiger partial charge in [-0.3, -0.25) is 9.59 Å². The zero-order valence-corrected chi connectivity index (χ0v) is 15.1. The number of nitrogens with one attached hydrogen (secondary N) is 2. The van der Waals surface area contributed by atoms with Gasteiger partial charge in [0.15, 0.2) is 0 Å². The van der Waals surface area contributed by atoms with Crippen LogP contribution >= 0.6 is 0 Å². The maximum Gasteiger partial charge on any atom is 0.261 e. The van der Waals surface area contributed by atoms with Crippen LogP contribution in [0.25, 0.3) is 0 Å². The van der Waals surface area contributed by atoms with Gasteiger partial charge in [0.2, 0.25) is 10.0 Å². The lowest BCUT2D eigenvalue weighted by atomic mass is 10.0. The van der Waals surface area contributed by atoms with Crippen LogP contribution in [-0.2, 0) is 14.8 Å². The van der Waals surface area contributed by atoms with Crippen LogP contribution in [0.1, 0.15) is 21.6 Å². The van der Waals surface area contributed by atoms with Crippen molar-refractivity contribution in [3.63, 3.8) is 0 Å². The maximum absolute atomic E-state index is 12.5. The molecule has 1 fully saturated rings. The highest BCUT2D eigenvalue weighted by molar-refractivity contribution is 7.89. The molecule has 0 unspecified atom stereocenters. The summed E-state index contributed by atoms with van der Waals surface area (Å²) in [6.45, 7) is 3.91. The van der Waals surface area contributed by atoms with Gasteiger partial charge in [-0.05, 0) is 25.5 Å². The standard InChI is InChI=1S/C15H23N3O5S/c1-9-5-10(2)16-14(19)13(9)15(20)17-12-7-23-6-11(12)8-24(21,22)18(3)4/h5,11-12H,6-8H2,1-4H3,(H,16,19)(H,17,20)/t11-,12+/m0/s1. The number of aromatic amines is 1. The first kappa shape index (κ1) is 18.6. The number of carbonyl (C=O) groups excluding carboxylic acids is 1. The van der Waals surface area contributed by atoms with Crippen LogP contribution in [0, 0.1) is 19.8 Å².